The molecule has 0 unspecified atom stereocenters. The van der Waals surface area contributed by atoms with Crippen molar-refractivity contribution < 1.29 is 0 Å². The lowest BCUT2D eigenvalue weighted by Gasteiger charge is -2.05. The van der Waals surface area contributed by atoms with E-state index in [2.05, 4.69) is 61.7 Å². The van der Waals surface area contributed by atoms with Crippen molar-refractivity contribution in [1.82, 2.24) is 14.5 Å². The zero-order valence-electron chi connectivity index (χ0n) is 10.7. The number of aryl methyl sites for hydroxylation is 1. The molecule has 0 amide bonds. The zero-order chi connectivity index (χ0) is 13.2. The molecule has 19 heavy (non-hydrogen) atoms. The van der Waals surface area contributed by atoms with Gasteiger partial charge in [0.2, 0.25) is 0 Å². The van der Waals surface area contributed by atoms with Crippen LogP contribution >= 0.6 is 15.9 Å². The van der Waals surface area contributed by atoms with Crippen molar-refractivity contribution >= 4 is 27.1 Å². The van der Waals surface area contributed by atoms with Crippen LogP contribution in [-0.2, 0) is 13.0 Å². The lowest BCUT2D eigenvalue weighted by molar-refractivity contribution is 0.727. The Morgan fingerprint density at radius 2 is 1.95 bits per heavy atom. The summed E-state index contributed by atoms with van der Waals surface area (Å²) in [5.74, 6) is 1.07. The van der Waals surface area contributed by atoms with Crippen molar-refractivity contribution in [2.75, 3.05) is 0 Å². The number of hydrogen-bond donors (Lipinski definition) is 0. The highest BCUT2D eigenvalue weighted by atomic mass is 79.9. The highest BCUT2D eigenvalue weighted by Gasteiger charge is 2.10. The normalized spacial score (nSPS) is 11.1. The van der Waals surface area contributed by atoms with Gasteiger partial charge in [-0.3, -0.25) is 0 Å². The monoisotopic (exact) mass is 315 g/mol. The van der Waals surface area contributed by atoms with Gasteiger partial charge in [-0.2, -0.15) is 0 Å². The van der Waals surface area contributed by atoms with Gasteiger partial charge in [-0.1, -0.05) is 28.1 Å². The molecule has 2 aromatic heterocycles. The Balaban J connectivity index is 2.02. The van der Waals surface area contributed by atoms with E-state index in [9.17, 15) is 0 Å². The minimum Gasteiger partial charge on any atom is -0.313 e. The standard InChI is InChI=1S/C15H14BrN3/c1-2-19-14(10-11-5-7-12(16)8-6-11)18-13-4-3-9-17-15(13)19/h3-9H,2,10H2,1H3. The Kier molecular flexibility index (Phi) is 3.34. The number of fused-ring (bicyclic) bond motifs is 1. The minimum atomic E-state index is 0.831. The first-order chi connectivity index (χ1) is 9.28. The molecule has 4 heteroatoms. The molecule has 0 saturated carbocycles. The second-order valence-corrected chi connectivity index (χ2v) is 5.34. The van der Waals surface area contributed by atoms with Gasteiger partial charge in [0.1, 0.15) is 11.3 Å². The van der Waals surface area contributed by atoms with Crippen LogP contribution in [0.4, 0.5) is 0 Å². The van der Waals surface area contributed by atoms with E-state index in [1.165, 1.54) is 5.56 Å². The fraction of sp³-hybridized carbons (Fsp3) is 0.200. The van der Waals surface area contributed by atoms with Gasteiger partial charge >= 0.3 is 0 Å². The Labute approximate surface area is 120 Å². The average Bonchev–Trinajstić information content (AvgIpc) is 2.78. The average molecular weight is 316 g/mol. The molecule has 3 rings (SSSR count). The Morgan fingerprint density at radius 1 is 1.16 bits per heavy atom. The third-order valence-corrected chi connectivity index (χ3v) is 3.70. The molecule has 0 fully saturated rings. The van der Waals surface area contributed by atoms with Gasteiger partial charge in [-0.05, 0) is 36.8 Å². The highest BCUT2D eigenvalue weighted by Crippen LogP contribution is 2.18. The minimum absolute atomic E-state index is 0.831. The fourth-order valence-corrected chi connectivity index (χ4v) is 2.52. The summed E-state index contributed by atoms with van der Waals surface area (Å²) in [5, 5.41) is 0. The number of halogens is 1. The molecular formula is C15H14BrN3. The summed E-state index contributed by atoms with van der Waals surface area (Å²) in [5.41, 5.74) is 3.20. The molecule has 0 aliphatic rings. The lowest BCUT2D eigenvalue weighted by atomic mass is 10.1. The second kappa shape index (κ2) is 5.13. The second-order valence-electron chi connectivity index (χ2n) is 4.42. The Bertz CT molecular complexity index is 701. The van der Waals surface area contributed by atoms with Crippen LogP contribution in [0.2, 0.25) is 0 Å². The van der Waals surface area contributed by atoms with Crippen LogP contribution in [-0.4, -0.2) is 14.5 Å². The largest absolute Gasteiger partial charge is 0.313 e. The maximum Gasteiger partial charge on any atom is 0.159 e. The summed E-state index contributed by atoms with van der Waals surface area (Å²) in [6.07, 6.45) is 2.65. The first-order valence-corrected chi connectivity index (χ1v) is 7.12. The summed E-state index contributed by atoms with van der Waals surface area (Å²) in [6.45, 7) is 3.01. The summed E-state index contributed by atoms with van der Waals surface area (Å²) >= 11 is 3.46. The third kappa shape index (κ3) is 2.40. The van der Waals surface area contributed by atoms with Crippen LogP contribution in [0, 0.1) is 0 Å². The van der Waals surface area contributed by atoms with E-state index >= 15 is 0 Å². The summed E-state index contributed by atoms with van der Waals surface area (Å²) in [4.78, 5) is 9.11. The van der Waals surface area contributed by atoms with E-state index in [1.54, 1.807) is 0 Å². The molecule has 3 nitrogen and oxygen atoms in total. The van der Waals surface area contributed by atoms with Crippen LogP contribution in [0.1, 0.15) is 18.3 Å². The van der Waals surface area contributed by atoms with E-state index in [-0.39, 0.29) is 0 Å². The quantitative estimate of drug-likeness (QED) is 0.736. The van der Waals surface area contributed by atoms with E-state index in [0.717, 1.165) is 34.4 Å². The molecule has 0 atom stereocenters. The smallest absolute Gasteiger partial charge is 0.159 e. The summed E-state index contributed by atoms with van der Waals surface area (Å²) in [7, 11) is 0. The molecule has 0 saturated heterocycles. The molecule has 0 aliphatic carbocycles. The predicted molar refractivity (Wildman–Crippen MR) is 80.2 cm³/mol. The number of rotatable bonds is 3. The van der Waals surface area contributed by atoms with Gasteiger partial charge in [0, 0.05) is 23.6 Å². The molecule has 0 radical (unpaired) electrons. The van der Waals surface area contributed by atoms with Crippen molar-refractivity contribution in [3.63, 3.8) is 0 Å². The first kappa shape index (κ1) is 12.4. The van der Waals surface area contributed by atoms with Crippen molar-refractivity contribution in [2.45, 2.75) is 19.9 Å². The van der Waals surface area contributed by atoms with E-state index < -0.39 is 0 Å². The predicted octanol–water partition coefficient (Wildman–Crippen LogP) is 3.80. The zero-order valence-corrected chi connectivity index (χ0v) is 12.3. The molecule has 0 aliphatic heterocycles. The van der Waals surface area contributed by atoms with Crippen LogP contribution in [0.5, 0.6) is 0 Å². The van der Waals surface area contributed by atoms with Crippen LogP contribution in [0.25, 0.3) is 11.2 Å². The van der Waals surface area contributed by atoms with E-state index in [0.29, 0.717) is 0 Å². The number of pyridine rings is 1. The number of benzene rings is 1. The van der Waals surface area contributed by atoms with Crippen molar-refractivity contribution in [1.29, 1.82) is 0 Å². The van der Waals surface area contributed by atoms with Crippen LogP contribution < -0.4 is 0 Å². The molecule has 0 bridgehead atoms. The Hall–Kier alpha value is -1.68. The van der Waals surface area contributed by atoms with Gasteiger partial charge in [-0.15, -0.1) is 0 Å². The van der Waals surface area contributed by atoms with Crippen molar-refractivity contribution in [3.05, 3.63) is 58.5 Å². The van der Waals surface area contributed by atoms with Gasteiger partial charge in [0.05, 0.1) is 0 Å². The SMILES string of the molecule is CCn1c(Cc2ccc(Br)cc2)nc2cccnc21. The third-order valence-electron chi connectivity index (χ3n) is 3.17. The lowest BCUT2D eigenvalue weighted by Crippen LogP contribution is -2.03. The molecule has 0 spiro atoms. The van der Waals surface area contributed by atoms with Crippen LogP contribution in [0.3, 0.4) is 0 Å². The topological polar surface area (TPSA) is 30.7 Å². The van der Waals surface area contributed by atoms with Gasteiger partial charge in [0.15, 0.2) is 5.65 Å². The molecule has 96 valence electrons. The summed E-state index contributed by atoms with van der Waals surface area (Å²) < 4.78 is 3.28. The molecule has 1 aromatic carbocycles. The summed E-state index contributed by atoms with van der Waals surface area (Å²) in [6, 6.07) is 12.3. The number of nitrogens with zero attached hydrogens (tertiary/aromatic N) is 3. The molecule has 3 aromatic rings. The van der Waals surface area contributed by atoms with E-state index in [1.807, 2.05) is 18.3 Å². The molecular weight excluding hydrogens is 302 g/mol. The van der Waals surface area contributed by atoms with Crippen molar-refractivity contribution in [2.24, 2.45) is 0 Å². The van der Waals surface area contributed by atoms with Crippen molar-refractivity contribution in [3.8, 4) is 0 Å². The Morgan fingerprint density at radius 3 is 2.68 bits per heavy atom. The first-order valence-electron chi connectivity index (χ1n) is 6.32. The van der Waals surface area contributed by atoms with E-state index in [4.69, 9.17) is 0 Å². The molecule has 2 heterocycles. The fourth-order valence-electron chi connectivity index (χ4n) is 2.26. The van der Waals surface area contributed by atoms with Gasteiger partial charge in [0.25, 0.3) is 0 Å². The number of aromatic nitrogens is 3. The molecule has 0 N–H and O–H groups in total. The maximum absolute atomic E-state index is 4.69. The maximum atomic E-state index is 4.69. The van der Waals surface area contributed by atoms with Gasteiger partial charge < -0.3 is 4.57 Å². The van der Waals surface area contributed by atoms with Gasteiger partial charge in [-0.25, -0.2) is 9.97 Å². The number of hydrogen-bond acceptors (Lipinski definition) is 2. The van der Waals surface area contributed by atoms with Crippen LogP contribution in [0.15, 0.2) is 47.1 Å². The highest BCUT2D eigenvalue weighted by molar-refractivity contribution is 9.10. The number of imidazole rings is 1.